The summed E-state index contributed by atoms with van der Waals surface area (Å²) in [6.07, 6.45) is 0. The third kappa shape index (κ3) is 29.6. The summed E-state index contributed by atoms with van der Waals surface area (Å²) >= 11 is 0. The van der Waals surface area contributed by atoms with Crippen LogP contribution in [0.5, 0.6) is 0 Å². The van der Waals surface area contributed by atoms with Gasteiger partial charge in [-0.2, -0.15) is 0 Å². The van der Waals surface area contributed by atoms with Gasteiger partial charge in [-0.3, -0.25) is 10.8 Å². The molecule has 0 saturated heterocycles. The lowest BCUT2D eigenvalue weighted by molar-refractivity contribution is 0.609. The largest absolute Gasteiger partial charge is 0.388 e. The van der Waals surface area contributed by atoms with Crippen molar-refractivity contribution in [2.75, 3.05) is 14.1 Å². The molecule has 0 rings (SSSR count). The van der Waals surface area contributed by atoms with Crippen molar-refractivity contribution in [2.24, 2.45) is 11.5 Å². The lowest BCUT2D eigenvalue weighted by atomic mass is 10.8. The molecule has 0 atom stereocenters. The fourth-order valence-electron chi connectivity index (χ4n) is 0. The van der Waals surface area contributed by atoms with E-state index < -0.39 is 0 Å². The van der Waals surface area contributed by atoms with Gasteiger partial charge in [-0.15, -0.1) is 0 Å². The van der Waals surface area contributed by atoms with Gasteiger partial charge in [-0.1, -0.05) is 0 Å². The van der Waals surface area contributed by atoms with Crippen molar-refractivity contribution in [3.63, 3.8) is 0 Å². The molecule has 0 bridgehead atoms. The summed E-state index contributed by atoms with van der Waals surface area (Å²) in [5.41, 5.74) is 9.64. The Balaban J connectivity index is 0. The van der Waals surface area contributed by atoms with Crippen LogP contribution in [0.4, 0.5) is 0 Å². The van der Waals surface area contributed by atoms with E-state index >= 15 is 0 Å². The van der Waals surface area contributed by atoms with Gasteiger partial charge in [0.1, 0.15) is 0 Å². The average Bonchev–Trinajstić information content (AvgIpc) is 1.63. The van der Waals surface area contributed by atoms with E-state index in [4.69, 9.17) is 22.3 Å². The zero-order valence-corrected chi connectivity index (χ0v) is 6.60. The van der Waals surface area contributed by atoms with Crippen LogP contribution in [0.25, 0.3) is 0 Å². The molecule has 10 heavy (non-hydrogen) atoms. The van der Waals surface area contributed by atoms with E-state index in [9.17, 15) is 0 Å². The summed E-state index contributed by atoms with van der Waals surface area (Å²) in [6, 6.07) is 0. The zero-order valence-electron chi connectivity index (χ0n) is 6.60. The molecule has 0 aliphatic carbocycles. The Hall–Kier alpha value is -1.26. The minimum atomic E-state index is 0.0926. The number of guanidine groups is 1. The van der Waals surface area contributed by atoms with E-state index in [0.717, 1.165) is 0 Å². The minimum absolute atomic E-state index is 0.0926. The second kappa shape index (κ2) is 5.87. The summed E-state index contributed by atoms with van der Waals surface area (Å²) in [7, 11) is 3.45. The first-order valence-electron chi connectivity index (χ1n) is 2.70. The Bertz CT molecular complexity index is 113. The normalized spacial score (nSPS) is 7.10. The van der Waals surface area contributed by atoms with E-state index in [-0.39, 0.29) is 11.8 Å². The molecule has 0 spiro atoms. The van der Waals surface area contributed by atoms with Crippen molar-refractivity contribution < 1.29 is 0 Å². The summed E-state index contributed by atoms with van der Waals surface area (Å²) in [6.45, 7) is 1.53. The Kier molecular flexibility index (Phi) is 6.76. The first-order chi connectivity index (χ1) is 4.37. The maximum absolute atomic E-state index is 6.65. The molecule has 0 amide bonds. The molecular weight excluding hydrogens is 130 g/mol. The topological polar surface area (TPSA) is 103 Å². The average molecular weight is 145 g/mol. The maximum atomic E-state index is 6.65. The van der Waals surface area contributed by atoms with Crippen molar-refractivity contribution >= 4 is 11.8 Å². The van der Waals surface area contributed by atoms with Gasteiger partial charge in [-0.25, -0.2) is 0 Å². The van der Waals surface area contributed by atoms with Crippen LogP contribution in [0.2, 0.25) is 0 Å². The fourth-order valence-corrected chi connectivity index (χ4v) is 0. The van der Waals surface area contributed by atoms with E-state index in [1.165, 1.54) is 11.8 Å². The lowest BCUT2D eigenvalue weighted by Crippen LogP contribution is -2.28. The Morgan fingerprint density at radius 3 is 1.30 bits per heavy atom. The zero-order chi connectivity index (χ0) is 8.73. The van der Waals surface area contributed by atoms with Crippen LogP contribution in [0.3, 0.4) is 0 Å². The first-order valence-corrected chi connectivity index (χ1v) is 2.70. The van der Waals surface area contributed by atoms with Crippen LogP contribution < -0.4 is 11.5 Å². The van der Waals surface area contributed by atoms with Gasteiger partial charge in [0.25, 0.3) is 0 Å². The van der Waals surface area contributed by atoms with Gasteiger partial charge in [-0.05, 0) is 6.92 Å². The van der Waals surface area contributed by atoms with Crippen molar-refractivity contribution in [3.8, 4) is 0 Å². The number of nitrogens with one attached hydrogen (secondary N) is 2. The highest BCUT2D eigenvalue weighted by Gasteiger charge is 1.82. The van der Waals surface area contributed by atoms with Crippen molar-refractivity contribution in [1.29, 1.82) is 10.8 Å². The molecular formula is C5H15N5. The van der Waals surface area contributed by atoms with E-state index in [1.807, 2.05) is 0 Å². The highest BCUT2D eigenvalue weighted by atomic mass is 15.2. The van der Waals surface area contributed by atoms with E-state index in [1.54, 1.807) is 14.1 Å². The molecule has 0 aromatic carbocycles. The quantitative estimate of drug-likeness (QED) is 0.270. The smallest absolute Gasteiger partial charge is 0.187 e. The molecule has 6 N–H and O–H groups in total. The molecule has 0 heterocycles. The van der Waals surface area contributed by atoms with Crippen molar-refractivity contribution in [2.45, 2.75) is 6.92 Å². The predicted molar refractivity (Wildman–Crippen MR) is 43.2 cm³/mol. The third-order valence-corrected chi connectivity index (χ3v) is 0.482. The van der Waals surface area contributed by atoms with Crippen LogP contribution in [-0.4, -0.2) is 30.8 Å². The molecule has 0 aromatic heterocycles. The van der Waals surface area contributed by atoms with Gasteiger partial charge in [0, 0.05) is 14.1 Å². The highest BCUT2D eigenvalue weighted by molar-refractivity contribution is 5.73. The number of amidine groups is 1. The third-order valence-electron chi connectivity index (χ3n) is 0.482. The number of nitrogens with zero attached hydrogens (tertiary/aromatic N) is 1. The molecule has 0 aromatic rings. The van der Waals surface area contributed by atoms with Crippen molar-refractivity contribution in [1.82, 2.24) is 4.90 Å². The molecule has 0 fully saturated rings. The maximum Gasteiger partial charge on any atom is 0.187 e. The summed E-state index contributed by atoms with van der Waals surface area (Å²) in [5, 5.41) is 12.9. The monoisotopic (exact) mass is 145 g/mol. The Labute approximate surface area is 61.0 Å². The SMILES string of the molecule is CC(=N)N.CN(C)C(=N)N. The van der Waals surface area contributed by atoms with Gasteiger partial charge < -0.3 is 16.4 Å². The fraction of sp³-hybridized carbons (Fsp3) is 0.600. The van der Waals surface area contributed by atoms with Gasteiger partial charge in [0.15, 0.2) is 5.96 Å². The molecule has 0 aliphatic rings. The molecule has 0 unspecified atom stereocenters. The molecule has 0 aliphatic heterocycles. The second-order valence-electron chi connectivity index (χ2n) is 1.96. The number of nitrogens with two attached hydrogens (primary N) is 2. The van der Waals surface area contributed by atoms with Crippen LogP contribution in [0.1, 0.15) is 6.92 Å². The van der Waals surface area contributed by atoms with Gasteiger partial charge >= 0.3 is 0 Å². The van der Waals surface area contributed by atoms with Crippen LogP contribution >= 0.6 is 0 Å². The molecule has 5 nitrogen and oxygen atoms in total. The standard InChI is InChI=1S/C3H9N3.C2H6N2/c1-6(2)3(4)5;1-2(3)4/h1-2H3,(H3,4,5);1H3,(H3,3,4). The van der Waals surface area contributed by atoms with Crippen molar-refractivity contribution in [3.05, 3.63) is 0 Å². The molecule has 5 heteroatoms. The van der Waals surface area contributed by atoms with Gasteiger partial charge in [0.05, 0.1) is 5.84 Å². The summed E-state index contributed by atoms with van der Waals surface area (Å²) < 4.78 is 0. The summed E-state index contributed by atoms with van der Waals surface area (Å²) in [5.74, 6) is 0.259. The number of hydrogen-bond donors (Lipinski definition) is 4. The minimum Gasteiger partial charge on any atom is -0.388 e. The van der Waals surface area contributed by atoms with Crippen LogP contribution in [0.15, 0.2) is 0 Å². The first kappa shape index (κ1) is 11.5. The second-order valence-corrected chi connectivity index (χ2v) is 1.96. The van der Waals surface area contributed by atoms with Crippen LogP contribution in [0, 0.1) is 10.8 Å². The number of rotatable bonds is 0. The lowest BCUT2D eigenvalue weighted by Gasteiger charge is -2.05. The number of hydrogen-bond acceptors (Lipinski definition) is 2. The summed E-state index contributed by atoms with van der Waals surface area (Å²) in [4.78, 5) is 1.53. The highest BCUT2D eigenvalue weighted by Crippen LogP contribution is 1.62. The van der Waals surface area contributed by atoms with E-state index in [0.29, 0.717) is 0 Å². The van der Waals surface area contributed by atoms with Gasteiger partial charge in [0.2, 0.25) is 0 Å². The Morgan fingerprint density at radius 1 is 1.20 bits per heavy atom. The van der Waals surface area contributed by atoms with Crippen LogP contribution in [-0.2, 0) is 0 Å². The predicted octanol–water partition coefficient (Wildman–Crippen LogP) is -0.616. The molecule has 0 radical (unpaired) electrons. The molecule has 60 valence electrons. The molecule has 0 saturated carbocycles. The Morgan fingerprint density at radius 2 is 1.30 bits per heavy atom. The van der Waals surface area contributed by atoms with E-state index in [2.05, 4.69) is 0 Å².